The minimum Gasteiger partial charge on any atom is -0.465 e. The monoisotopic (exact) mass is 424 g/mol. The Hall–Kier alpha value is -4.32. The largest absolute Gasteiger partial charge is 0.465 e. The standard InChI is InChI=1S/C26H20N2O4/c1-32-26(31)23-22(19-13-7-3-8-14-19)24(20-15-9-4-10-16-20)27-28(25(23)30)17-21(29)18-11-5-2-6-12-18/h2-16H,17H2,1H3. The number of rotatable bonds is 6. The lowest BCUT2D eigenvalue weighted by Crippen LogP contribution is -2.33. The molecule has 0 saturated heterocycles. The smallest absolute Gasteiger partial charge is 0.344 e. The van der Waals surface area contributed by atoms with Crippen LogP contribution in [0.3, 0.4) is 0 Å². The van der Waals surface area contributed by atoms with Gasteiger partial charge in [0, 0.05) is 16.7 Å². The molecule has 0 atom stereocenters. The van der Waals surface area contributed by atoms with Gasteiger partial charge in [0.05, 0.1) is 12.8 Å². The van der Waals surface area contributed by atoms with E-state index in [0.29, 0.717) is 27.9 Å². The van der Waals surface area contributed by atoms with E-state index in [1.807, 2.05) is 48.5 Å². The fraction of sp³-hybridized carbons (Fsp3) is 0.0769. The maximum atomic E-state index is 13.4. The minimum atomic E-state index is -0.783. The molecule has 0 aliphatic carbocycles. The predicted molar refractivity (Wildman–Crippen MR) is 121 cm³/mol. The molecule has 3 aromatic carbocycles. The third kappa shape index (κ3) is 4.11. The van der Waals surface area contributed by atoms with Crippen molar-refractivity contribution in [2.24, 2.45) is 0 Å². The summed E-state index contributed by atoms with van der Waals surface area (Å²) >= 11 is 0. The highest BCUT2D eigenvalue weighted by Crippen LogP contribution is 2.32. The third-order valence-corrected chi connectivity index (χ3v) is 5.04. The molecule has 0 aliphatic heterocycles. The molecule has 0 radical (unpaired) electrons. The van der Waals surface area contributed by atoms with E-state index < -0.39 is 11.5 Å². The number of hydrogen-bond donors (Lipinski definition) is 0. The van der Waals surface area contributed by atoms with Crippen molar-refractivity contribution >= 4 is 11.8 Å². The zero-order valence-corrected chi connectivity index (χ0v) is 17.4. The second-order valence-electron chi connectivity index (χ2n) is 7.07. The van der Waals surface area contributed by atoms with Gasteiger partial charge < -0.3 is 4.74 Å². The molecule has 0 bridgehead atoms. The van der Waals surface area contributed by atoms with Crippen LogP contribution < -0.4 is 5.56 Å². The first kappa shape index (κ1) is 20.9. The number of Topliss-reactive ketones (excluding diaryl/α,β-unsaturated/α-hetero) is 1. The van der Waals surface area contributed by atoms with Crippen molar-refractivity contribution in [2.45, 2.75) is 6.54 Å². The van der Waals surface area contributed by atoms with Crippen LogP contribution in [0.15, 0.2) is 95.8 Å². The van der Waals surface area contributed by atoms with Gasteiger partial charge in [0.15, 0.2) is 5.78 Å². The Balaban J connectivity index is 1.98. The Kier molecular flexibility index (Phi) is 6.03. The van der Waals surface area contributed by atoms with Gasteiger partial charge in [0.2, 0.25) is 0 Å². The van der Waals surface area contributed by atoms with Crippen molar-refractivity contribution in [2.75, 3.05) is 7.11 Å². The van der Waals surface area contributed by atoms with Crippen molar-refractivity contribution in [1.82, 2.24) is 9.78 Å². The van der Waals surface area contributed by atoms with E-state index in [1.54, 1.807) is 42.5 Å². The van der Waals surface area contributed by atoms with Crippen LogP contribution in [0.1, 0.15) is 20.7 Å². The maximum absolute atomic E-state index is 13.4. The summed E-state index contributed by atoms with van der Waals surface area (Å²) in [4.78, 5) is 38.9. The average molecular weight is 424 g/mol. The minimum absolute atomic E-state index is 0.159. The van der Waals surface area contributed by atoms with Gasteiger partial charge in [-0.3, -0.25) is 9.59 Å². The molecule has 0 aliphatic rings. The van der Waals surface area contributed by atoms with Gasteiger partial charge in [-0.15, -0.1) is 0 Å². The summed E-state index contributed by atoms with van der Waals surface area (Å²) in [6.07, 6.45) is 0. The maximum Gasteiger partial charge on any atom is 0.344 e. The van der Waals surface area contributed by atoms with Gasteiger partial charge in [-0.1, -0.05) is 91.0 Å². The highest BCUT2D eigenvalue weighted by molar-refractivity contribution is 6.01. The van der Waals surface area contributed by atoms with Crippen molar-refractivity contribution in [1.29, 1.82) is 0 Å². The zero-order valence-electron chi connectivity index (χ0n) is 17.4. The molecule has 0 saturated carbocycles. The molecule has 1 heterocycles. The summed E-state index contributed by atoms with van der Waals surface area (Å²) < 4.78 is 5.99. The molecule has 158 valence electrons. The van der Waals surface area contributed by atoms with E-state index in [-0.39, 0.29) is 17.9 Å². The molecule has 6 nitrogen and oxygen atoms in total. The molecule has 32 heavy (non-hydrogen) atoms. The lowest BCUT2D eigenvalue weighted by atomic mass is 9.95. The van der Waals surface area contributed by atoms with Crippen molar-refractivity contribution in [3.05, 3.63) is 112 Å². The summed E-state index contributed by atoms with van der Waals surface area (Å²) in [6, 6.07) is 26.9. The van der Waals surface area contributed by atoms with E-state index >= 15 is 0 Å². The molecule has 0 amide bonds. The summed E-state index contributed by atoms with van der Waals surface area (Å²) in [6.45, 7) is -0.304. The highest BCUT2D eigenvalue weighted by atomic mass is 16.5. The molecule has 4 aromatic rings. The number of benzene rings is 3. The zero-order chi connectivity index (χ0) is 22.5. The average Bonchev–Trinajstić information content (AvgIpc) is 2.86. The lowest BCUT2D eigenvalue weighted by molar-refractivity contribution is 0.0597. The van der Waals surface area contributed by atoms with Crippen LogP contribution in [-0.2, 0) is 11.3 Å². The predicted octanol–water partition coefficient (Wildman–Crippen LogP) is 4.25. The number of hydrogen-bond acceptors (Lipinski definition) is 5. The molecule has 4 rings (SSSR count). The van der Waals surface area contributed by atoms with Gasteiger partial charge in [0.1, 0.15) is 12.1 Å². The SMILES string of the molecule is COC(=O)c1c(-c2ccccc2)c(-c2ccccc2)nn(CC(=O)c2ccccc2)c1=O. The van der Waals surface area contributed by atoms with Crippen LogP contribution in [0, 0.1) is 0 Å². The van der Waals surface area contributed by atoms with Gasteiger partial charge >= 0.3 is 5.97 Å². The van der Waals surface area contributed by atoms with Crippen LogP contribution in [0.2, 0.25) is 0 Å². The number of nitrogens with zero attached hydrogens (tertiary/aromatic N) is 2. The van der Waals surface area contributed by atoms with Crippen molar-refractivity contribution in [3.63, 3.8) is 0 Å². The summed E-state index contributed by atoms with van der Waals surface area (Å²) in [5, 5.41) is 4.54. The van der Waals surface area contributed by atoms with Crippen molar-refractivity contribution in [3.8, 4) is 22.4 Å². The third-order valence-electron chi connectivity index (χ3n) is 5.04. The van der Waals surface area contributed by atoms with Crippen LogP contribution in [-0.4, -0.2) is 28.6 Å². The first-order valence-electron chi connectivity index (χ1n) is 10.0. The number of methoxy groups -OCH3 is 1. The van der Waals surface area contributed by atoms with E-state index in [2.05, 4.69) is 5.10 Å². The van der Waals surface area contributed by atoms with Crippen LogP contribution >= 0.6 is 0 Å². The first-order valence-corrected chi connectivity index (χ1v) is 10.0. The van der Waals surface area contributed by atoms with Crippen LogP contribution in [0.5, 0.6) is 0 Å². The van der Waals surface area contributed by atoms with E-state index in [9.17, 15) is 14.4 Å². The fourth-order valence-electron chi connectivity index (χ4n) is 3.50. The lowest BCUT2D eigenvalue weighted by Gasteiger charge is -2.16. The second-order valence-corrected chi connectivity index (χ2v) is 7.07. The Bertz CT molecular complexity index is 1310. The number of aromatic nitrogens is 2. The van der Waals surface area contributed by atoms with Crippen LogP contribution in [0.4, 0.5) is 0 Å². The summed E-state index contributed by atoms with van der Waals surface area (Å²) in [5.41, 5.74) is 1.76. The van der Waals surface area contributed by atoms with Crippen molar-refractivity contribution < 1.29 is 14.3 Å². The Labute approximate surface area is 184 Å². The summed E-state index contributed by atoms with van der Waals surface area (Å²) in [7, 11) is 1.22. The molecule has 0 unspecified atom stereocenters. The second kappa shape index (κ2) is 9.22. The van der Waals surface area contributed by atoms with E-state index in [4.69, 9.17) is 4.74 Å². The molecule has 0 fully saturated rings. The van der Waals surface area contributed by atoms with Crippen LogP contribution in [0.25, 0.3) is 22.4 Å². The van der Waals surface area contributed by atoms with E-state index in [0.717, 1.165) is 4.68 Å². The molecule has 0 spiro atoms. The highest BCUT2D eigenvalue weighted by Gasteiger charge is 2.26. The topological polar surface area (TPSA) is 78.3 Å². The van der Waals surface area contributed by atoms with Gasteiger partial charge in [-0.05, 0) is 5.56 Å². The molecule has 0 N–H and O–H groups in total. The first-order chi connectivity index (χ1) is 15.6. The number of carbonyl (C=O) groups is 2. The number of ether oxygens (including phenoxy) is 1. The molecular formula is C26H20N2O4. The van der Waals surface area contributed by atoms with Gasteiger partial charge in [-0.25, -0.2) is 9.48 Å². The van der Waals surface area contributed by atoms with Gasteiger partial charge in [-0.2, -0.15) is 5.10 Å². The van der Waals surface area contributed by atoms with Gasteiger partial charge in [0.25, 0.3) is 5.56 Å². The normalized spacial score (nSPS) is 10.5. The molecule has 6 heteroatoms. The summed E-state index contributed by atoms with van der Waals surface area (Å²) in [5.74, 6) is -1.07. The quantitative estimate of drug-likeness (QED) is 0.342. The Morgan fingerprint density at radius 3 is 1.91 bits per heavy atom. The number of ketones is 1. The number of esters is 1. The molecule has 1 aromatic heterocycles. The Morgan fingerprint density at radius 1 is 0.812 bits per heavy atom. The Morgan fingerprint density at radius 2 is 1.34 bits per heavy atom. The molecular weight excluding hydrogens is 404 g/mol. The fourth-order valence-corrected chi connectivity index (χ4v) is 3.50. The van der Waals surface area contributed by atoms with E-state index in [1.165, 1.54) is 7.11 Å². The number of carbonyl (C=O) groups excluding carboxylic acids is 2.